The summed E-state index contributed by atoms with van der Waals surface area (Å²) in [5, 5.41) is 13.8. The lowest BCUT2D eigenvalue weighted by Crippen LogP contribution is -2.20. The second-order valence-corrected chi connectivity index (χ2v) is 7.54. The Bertz CT molecular complexity index is 985. The van der Waals surface area contributed by atoms with E-state index in [2.05, 4.69) is 20.0 Å². The van der Waals surface area contributed by atoms with Crippen molar-refractivity contribution in [2.45, 2.75) is 39.3 Å². The molecule has 0 atom stereocenters. The Labute approximate surface area is 159 Å². The standard InChI is InChI=1S/C18H19N5O3S/c1-11-8-14(12(2)23(11)13-5-6-13)15(24)10-26-17(25)9-22-20-18(19-21-22)16-4-3-7-27-16/h3-4,7-8,13H,5-6,9-10H2,1-2H3. The van der Waals surface area contributed by atoms with Crippen LogP contribution in [0.25, 0.3) is 10.7 Å². The third kappa shape index (κ3) is 3.68. The van der Waals surface area contributed by atoms with Gasteiger partial charge in [-0.15, -0.1) is 21.5 Å². The molecular formula is C18H19N5O3S. The molecular weight excluding hydrogens is 366 g/mol. The van der Waals surface area contributed by atoms with E-state index in [1.54, 1.807) is 0 Å². The van der Waals surface area contributed by atoms with Gasteiger partial charge >= 0.3 is 5.97 Å². The van der Waals surface area contributed by atoms with Crippen LogP contribution in [-0.4, -0.2) is 43.1 Å². The number of aryl methyl sites for hydroxylation is 1. The molecule has 0 aliphatic heterocycles. The average Bonchev–Trinajstić information content (AvgIpc) is 3.05. The Morgan fingerprint density at radius 2 is 2.15 bits per heavy atom. The van der Waals surface area contributed by atoms with Crippen LogP contribution in [0.3, 0.4) is 0 Å². The van der Waals surface area contributed by atoms with Crippen LogP contribution in [0.15, 0.2) is 23.6 Å². The van der Waals surface area contributed by atoms with E-state index in [1.807, 2.05) is 37.4 Å². The summed E-state index contributed by atoms with van der Waals surface area (Å²) >= 11 is 1.49. The van der Waals surface area contributed by atoms with Gasteiger partial charge in [0.1, 0.15) is 0 Å². The monoisotopic (exact) mass is 385 g/mol. The SMILES string of the molecule is Cc1cc(C(=O)COC(=O)Cn2nnc(-c3cccs3)n2)c(C)n1C1CC1. The highest BCUT2D eigenvalue weighted by Gasteiger charge is 2.28. The molecule has 0 unspecified atom stereocenters. The van der Waals surface area contributed by atoms with E-state index in [9.17, 15) is 9.59 Å². The number of aromatic nitrogens is 5. The minimum absolute atomic E-state index is 0.188. The number of Topliss-reactive ketones (excluding diaryl/α,β-unsaturated/α-hetero) is 1. The van der Waals surface area contributed by atoms with Gasteiger partial charge in [0, 0.05) is 23.0 Å². The number of ether oxygens (including phenoxy) is 1. The highest BCUT2D eigenvalue weighted by Crippen LogP contribution is 2.38. The highest BCUT2D eigenvalue weighted by atomic mass is 32.1. The average molecular weight is 385 g/mol. The summed E-state index contributed by atoms with van der Waals surface area (Å²) in [5.74, 6) is -0.315. The highest BCUT2D eigenvalue weighted by molar-refractivity contribution is 7.13. The van der Waals surface area contributed by atoms with Crippen LogP contribution < -0.4 is 0 Å². The van der Waals surface area contributed by atoms with E-state index in [0.717, 1.165) is 29.1 Å². The smallest absolute Gasteiger partial charge is 0.330 e. The lowest BCUT2D eigenvalue weighted by atomic mass is 10.1. The number of hydrogen-bond donors (Lipinski definition) is 0. The van der Waals surface area contributed by atoms with E-state index < -0.39 is 5.97 Å². The summed E-state index contributed by atoms with van der Waals surface area (Å²) in [7, 11) is 0. The van der Waals surface area contributed by atoms with Crippen LogP contribution in [0.5, 0.6) is 0 Å². The van der Waals surface area contributed by atoms with Crippen molar-refractivity contribution in [1.29, 1.82) is 0 Å². The van der Waals surface area contributed by atoms with Gasteiger partial charge in [-0.25, -0.2) is 4.79 Å². The van der Waals surface area contributed by atoms with Gasteiger partial charge in [-0.3, -0.25) is 4.79 Å². The lowest BCUT2D eigenvalue weighted by Gasteiger charge is -2.07. The molecule has 0 amide bonds. The third-order valence-electron chi connectivity index (χ3n) is 4.53. The number of hydrogen-bond acceptors (Lipinski definition) is 7. The molecule has 8 nitrogen and oxygen atoms in total. The molecule has 4 rings (SSSR count). The van der Waals surface area contributed by atoms with E-state index in [0.29, 0.717) is 17.4 Å². The number of carbonyl (C=O) groups excluding carboxylic acids is 2. The molecule has 140 valence electrons. The van der Waals surface area contributed by atoms with Crippen molar-refractivity contribution in [3.63, 3.8) is 0 Å². The first-order chi connectivity index (χ1) is 13.0. The summed E-state index contributed by atoms with van der Waals surface area (Å²) < 4.78 is 7.31. The Morgan fingerprint density at radius 1 is 1.33 bits per heavy atom. The maximum absolute atomic E-state index is 12.5. The molecule has 9 heteroatoms. The number of thiophene rings is 1. The summed E-state index contributed by atoms with van der Waals surface area (Å²) in [5.41, 5.74) is 2.62. The number of tetrazole rings is 1. The Kier molecular flexibility index (Phi) is 4.61. The third-order valence-corrected chi connectivity index (χ3v) is 5.39. The largest absolute Gasteiger partial charge is 0.456 e. The van der Waals surface area contributed by atoms with Crippen LogP contribution in [-0.2, 0) is 16.1 Å². The molecule has 0 radical (unpaired) electrons. The second kappa shape index (κ2) is 7.07. The predicted octanol–water partition coefficient (Wildman–Crippen LogP) is 2.58. The molecule has 3 aromatic heterocycles. The Morgan fingerprint density at radius 3 is 2.85 bits per heavy atom. The first kappa shape index (κ1) is 17.6. The summed E-state index contributed by atoms with van der Waals surface area (Å²) in [6.45, 7) is 3.45. The molecule has 0 spiro atoms. The Balaban J connectivity index is 1.34. The number of carbonyl (C=O) groups is 2. The maximum Gasteiger partial charge on any atom is 0.330 e. The van der Waals surface area contributed by atoms with Crippen LogP contribution in [0.4, 0.5) is 0 Å². The topological polar surface area (TPSA) is 91.9 Å². The molecule has 0 saturated heterocycles. The van der Waals surface area contributed by atoms with E-state index in [1.165, 1.54) is 16.1 Å². The zero-order valence-electron chi connectivity index (χ0n) is 15.1. The lowest BCUT2D eigenvalue weighted by molar-refractivity contribution is -0.143. The van der Waals surface area contributed by atoms with Crippen molar-refractivity contribution in [2.24, 2.45) is 0 Å². The minimum atomic E-state index is -0.575. The molecule has 0 aromatic carbocycles. The van der Waals surface area contributed by atoms with Gasteiger partial charge in [0.2, 0.25) is 11.6 Å². The number of nitrogens with zero attached hydrogens (tertiary/aromatic N) is 5. The van der Waals surface area contributed by atoms with Crippen molar-refractivity contribution >= 4 is 23.1 Å². The predicted molar refractivity (Wildman–Crippen MR) is 98.6 cm³/mol. The molecule has 0 N–H and O–H groups in total. The number of ketones is 1. The molecule has 1 saturated carbocycles. The first-order valence-corrected chi connectivity index (χ1v) is 9.60. The fourth-order valence-electron chi connectivity index (χ4n) is 3.15. The van der Waals surface area contributed by atoms with Crippen molar-refractivity contribution in [3.8, 4) is 10.7 Å². The van der Waals surface area contributed by atoms with Gasteiger partial charge in [0.25, 0.3) is 0 Å². The summed E-state index contributed by atoms with van der Waals surface area (Å²) in [6.07, 6.45) is 2.30. The summed E-state index contributed by atoms with van der Waals surface area (Å²) in [4.78, 5) is 26.5. The maximum atomic E-state index is 12.5. The van der Waals surface area contributed by atoms with Gasteiger partial charge in [-0.1, -0.05) is 6.07 Å². The molecule has 3 heterocycles. The van der Waals surface area contributed by atoms with Gasteiger partial charge in [-0.2, -0.15) is 4.80 Å². The fraction of sp³-hybridized carbons (Fsp3) is 0.389. The molecule has 27 heavy (non-hydrogen) atoms. The van der Waals surface area contributed by atoms with E-state index in [4.69, 9.17) is 4.74 Å². The van der Waals surface area contributed by atoms with Crippen LogP contribution in [0.2, 0.25) is 0 Å². The number of rotatable bonds is 7. The van der Waals surface area contributed by atoms with E-state index >= 15 is 0 Å². The molecule has 0 bridgehead atoms. The fourth-order valence-corrected chi connectivity index (χ4v) is 3.80. The molecule has 1 fully saturated rings. The quantitative estimate of drug-likeness (QED) is 0.458. The number of esters is 1. The first-order valence-electron chi connectivity index (χ1n) is 8.72. The minimum Gasteiger partial charge on any atom is -0.456 e. The molecule has 1 aliphatic carbocycles. The zero-order chi connectivity index (χ0) is 19.0. The second-order valence-electron chi connectivity index (χ2n) is 6.59. The van der Waals surface area contributed by atoms with Gasteiger partial charge in [-0.05, 0) is 49.4 Å². The Hall–Kier alpha value is -2.81. The summed E-state index contributed by atoms with van der Waals surface area (Å²) in [6, 6.07) is 6.14. The van der Waals surface area contributed by atoms with Crippen molar-refractivity contribution < 1.29 is 14.3 Å². The molecule has 1 aliphatic rings. The van der Waals surface area contributed by atoms with Crippen molar-refractivity contribution in [1.82, 2.24) is 24.8 Å². The van der Waals surface area contributed by atoms with Gasteiger partial charge in [0.05, 0.1) is 4.88 Å². The van der Waals surface area contributed by atoms with Crippen LogP contribution in [0, 0.1) is 13.8 Å². The molecule has 3 aromatic rings. The van der Waals surface area contributed by atoms with Crippen molar-refractivity contribution in [3.05, 3.63) is 40.5 Å². The van der Waals surface area contributed by atoms with Crippen molar-refractivity contribution in [2.75, 3.05) is 6.61 Å². The normalized spacial score (nSPS) is 13.7. The van der Waals surface area contributed by atoms with Crippen LogP contribution in [0.1, 0.15) is 40.6 Å². The zero-order valence-corrected chi connectivity index (χ0v) is 15.9. The van der Waals surface area contributed by atoms with Crippen LogP contribution >= 0.6 is 11.3 Å². The van der Waals surface area contributed by atoms with E-state index in [-0.39, 0.29) is 18.9 Å². The van der Waals surface area contributed by atoms with Gasteiger partial charge in [0.15, 0.2) is 13.2 Å². The van der Waals surface area contributed by atoms with Gasteiger partial charge < -0.3 is 9.30 Å².